The van der Waals surface area contributed by atoms with Crippen LogP contribution in [0.2, 0.25) is 0 Å². The van der Waals surface area contributed by atoms with Gasteiger partial charge in [-0.15, -0.1) is 0 Å². The van der Waals surface area contributed by atoms with E-state index < -0.39 is 5.76 Å². The monoisotopic (exact) mass is 193 g/mol. The van der Waals surface area contributed by atoms with Crippen LogP contribution in [0.1, 0.15) is 11.7 Å². The smallest absolute Gasteiger partial charge is 0.408 e. The van der Waals surface area contributed by atoms with Crippen molar-refractivity contribution >= 4 is 11.1 Å². The van der Waals surface area contributed by atoms with Gasteiger partial charge in [0.2, 0.25) is 0 Å². The van der Waals surface area contributed by atoms with Crippen LogP contribution >= 0.6 is 0 Å². The van der Waals surface area contributed by atoms with Gasteiger partial charge in [0.25, 0.3) is 0 Å². The van der Waals surface area contributed by atoms with Gasteiger partial charge < -0.3 is 15.5 Å². The average molecular weight is 193 g/mol. The lowest BCUT2D eigenvalue weighted by Gasteiger charge is -2.09. The molecule has 5 nitrogen and oxygen atoms in total. The molecule has 14 heavy (non-hydrogen) atoms. The van der Waals surface area contributed by atoms with E-state index >= 15 is 0 Å². The van der Waals surface area contributed by atoms with Crippen molar-refractivity contribution in [2.24, 2.45) is 5.73 Å². The number of rotatable bonds is 2. The molecule has 1 heterocycles. The summed E-state index contributed by atoms with van der Waals surface area (Å²) in [5.74, 6) is -0.449. The maximum absolute atomic E-state index is 10.9. The summed E-state index contributed by atoms with van der Waals surface area (Å²) in [7, 11) is 1.77. The molecule has 0 bridgehead atoms. The van der Waals surface area contributed by atoms with E-state index in [0.717, 1.165) is 5.56 Å². The standard InChI is InChI=1S/C9H11N3O2/c1-11-8(10)5-2-3-6-7(4-5)14-9(13)12-6/h2-4,8,11H,10H2,1H3,(H,12,13). The molecule has 1 aromatic carbocycles. The van der Waals surface area contributed by atoms with Crippen LogP contribution in [0.25, 0.3) is 11.1 Å². The Morgan fingerprint density at radius 3 is 3.07 bits per heavy atom. The Labute approximate surface area is 79.9 Å². The van der Waals surface area contributed by atoms with Crippen LogP contribution in [0.4, 0.5) is 0 Å². The summed E-state index contributed by atoms with van der Waals surface area (Å²) in [5.41, 5.74) is 7.84. The summed E-state index contributed by atoms with van der Waals surface area (Å²) in [6.07, 6.45) is -0.250. The molecule has 0 saturated carbocycles. The van der Waals surface area contributed by atoms with Crippen molar-refractivity contribution < 1.29 is 4.42 Å². The van der Waals surface area contributed by atoms with Crippen LogP contribution in [-0.2, 0) is 0 Å². The van der Waals surface area contributed by atoms with E-state index in [-0.39, 0.29) is 6.17 Å². The van der Waals surface area contributed by atoms with Crippen molar-refractivity contribution in [1.82, 2.24) is 10.3 Å². The first-order valence-corrected chi connectivity index (χ1v) is 4.26. The minimum Gasteiger partial charge on any atom is -0.408 e. The van der Waals surface area contributed by atoms with E-state index in [1.807, 2.05) is 6.07 Å². The van der Waals surface area contributed by atoms with Crippen molar-refractivity contribution in [3.8, 4) is 0 Å². The number of benzene rings is 1. The van der Waals surface area contributed by atoms with Gasteiger partial charge in [-0.05, 0) is 24.7 Å². The third-order valence-corrected chi connectivity index (χ3v) is 2.12. The van der Waals surface area contributed by atoms with Crippen molar-refractivity contribution in [2.75, 3.05) is 7.05 Å². The van der Waals surface area contributed by atoms with Crippen LogP contribution < -0.4 is 16.8 Å². The van der Waals surface area contributed by atoms with E-state index in [9.17, 15) is 4.79 Å². The SMILES string of the molecule is CNC(N)c1ccc2[nH]c(=O)oc2c1. The quantitative estimate of drug-likeness (QED) is 0.599. The van der Waals surface area contributed by atoms with Gasteiger partial charge in [-0.25, -0.2) is 4.79 Å². The van der Waals surface area contributed by atoms with E-state index in [2.05, 4.69) is 10.3 Å². The summed E-state index contributed by atoms with van der Waals surface area (Å²) in [5, 5.41) is 2.90. The molecule has 1 aromatic heterocycles. The minimum absolute atomic E-state index is 0.250. The fourth-order valence-corrected chi connectivity index (χ4v) is 1.32. The highest BCUT2D eigenvalue weighted by molar-refractivity contribution is 5.72. The second kappa shape index (κ2) is 3.28. The summed E-state index contributed by atoms with van der Waals surface area (Å²) < 4.78 is 4.91. The number of nitrogens with two attached hydrogens (primary N) is 1. The molecule has 0 fully saturated rings. The number of hydrogen-bond acceptors (Lipinski definition) is 4. The normalized spacial score (nSPS) is 13.3. The Bertz CT molecular complexity index is 500. The molecule has 2 aromatic rings. The summed E-state index contributed by atoms with van der Waals surface area (Å²) in [6.45, 7) is 0. The highest BCUT2D eigenvalue weighted by atomic mass is 16.4. The highest BCUT2D eigenvalue weighted by Crippen LogP contribution is 2.15. The molecule has 1 atom stereocenters. The number of hydrogen-bond donors (Lipinski definition) is 3. The molecule has 5 heteroatoms. The second-order valence-corrected chi connectivity index (χ2v) is 3.04. The fraction of sp³-hybridized carbons (Fsp3) is 0.222. The number of nitrogens with one attached hydrogen (secondary N) is 2. The Morgan fingerprint density at radius 1 is 1.57 bits per heavy atom. The predicted molar refractivity (Wildman–Crippen MR) is 52.8 cm³/mol. The van der Waals surface area contributed by atoms with Crippen LogP contribution in [0.5, 0.6) is 0 Å². The number of H-pyrrole nitrogens is 1. The summed E-state index contributed by atoms with van der Waals surface area (Å²) >= 11 is 0. The molecule has 0 aliphatic carbocycles. The van der Waals surface area contributed by atoms with Gasteiger partial charge in [0.15, 0.2) is 5.58 Å². The lowest BCUT2D eigenvalue weighted by atomic mass is 10.1. The first-order chi connectivity index (χ1) is 6.70. The lowest BCUT2D eigenvalue weighted by Crippen LogP contribution is -2.24. The van der Waals surface area contributed by atoms with Crippen LogP contribution in [-0.4, -0.2) is 12.0 Å². The summed E-state index contributed by atoms with van der Waals surface area (Å²) in [6, 6.07) is 5.36. The van der Waals surface area contributed by atoms with Crippen LogP contribution in [0, 0.1) is 0 Å². The first kappa shape index (κ1) is 8.98. The zero-order valence-electron chi connectivity index (χ0n) is 7.70. The van der Waals surface area contributed by atoms with Crippen molar-refractivity contribution in [3.05, 3.63) is 34.3 Å². The second-order valence-electron chi connectivity index (χ2n) is 3.04. The van der Waals surface area contributed by atoms with Crippen LogP contribution in [0.3, 0.4) is 0 Å². The molecular formula is C9H11N3O2. The van der Waals surface area contributed by atoms with Crippen molar-refractivity contribution in [2.45, 2.75) is 6.17 Å². The van der Waals surface area contributed by atoms with Gasteiger partial charge in [0.05, 0.1) is 11.7 Å². The fourth-order valence-electron chi connectivity index (χ4n) is 1.32. The predicted octanol–water partition coefficient (Wildman–Crippen LogP) is 0.298. The maximum Gasteiger partial charge on any atom is 0.417 e. The van der Waals surface area contributed by atoms with Gasteiger partial charge in [-0.2, -0.15) is 0 Å². The largest absolute Gasteiger partial charge is 0.417 e. The van der Waals surface area contributed by atoms with Gasteiger partial charge in [0, 0.05) is 0 Å². The Kier molecular flexibility index (Phi) is 2.11. The van der Waals surface area contributed by atoms with Crippen LogP contribution in [0.15, 0.2) is 27.4 Å². The Balaban J connectivity index is 2.55. The number of fused-ring (bicyclic) bond motifs is 1. The third-order valence-electron chi connectivity index (χ3n) is 2.12. The average Bonchev–Trinajstić information content (AvgIpc) is 2.55. The minimum atomic E-state index is -0.449. The Hall–Kier alpha value is -1.59. The lowest BCUT2D eigenvalue weighted by molar-refractivity contribution is 0.553. The molecule has 0 saturated heterocycles. The number of aromatic nitrogens is 1. The van der Waals surface area contributed by atoms with E-state index in [1.165, 1.54) is 0 Å². The Morgan fingerprint density at radius 2 is 2.36 bits per heavy atom. The molecule has 0 radical (unpaired) electrons. The zero-order chi connectivity index (χ0) is 10.1. The van der Waals surface area contributed by atoms with Gasteiger partial charge in [-0.1, -0.05) is 6.07 Å². The van der Waals surface area contributed by atoms with Crippen molar-refractivity contribution in [1.29, 1.82) is 0 Å². The highest BCUT2D eigenvalue weighted by Gasteiger charge is 2.06. The molecule has 0 amide bonds. The van der Waals surface area contributed by atoms with Gasteiger partial charge in [-0.3, -0.25) is 4.98 Å². The molecule has 0 aliphatic rings. The van der Waals surface area contributed by atoms with Gasteiger partial charge in [0.1, 0.15) is 0 Å². The van der Waals surface area contributed by atoms with E-state index in [0.29, 0.717) is 11.1 Å². The van der Waals surface area contributed by atoms with Crippen molar-refractivity contribution in [3.63, 3.8) is 0 Å². The molecule has 4 N–H and O–H groups in total. The summed E-state index contributed by atoms with van der Waals surface area (Å²) in [4.78, 5) is 13.4. The zero-order valence-corrected chi connectivity index (χ0v) is 7.70. The molecule has 1 unspecified atom stereocenters. The topological polar surface area (TPSA) is 84.0 Å². The third kappa shape index (κ3) is 1.43. The number of oxazole rings is 1. The molecule has 74 valence electrons. The first-order valence-electron chi connectivity index (χ1n) is 4.26. The van der Waals surface area contributed by atoms with E-state index in [4.69, 9.17) is 10.2 Å². The molecule has 0 aliphatic heterocycles. The maximum atomic E-state index is 10.9. The van der Waals surface area contributed by atoms with E-state index in [1.54, 1.807) is 19.2 Å². The molecule has 0 spiro atoms. The molecule has 2 rings (SSSR count). The van der Waals surface area contributed by atoms with Gasteiger partial charge >= 0.3 is 5.76 Å². The number of aromatic amines is 1. The molecular weight excluding hydrogens is 182 g/mol.